The Kier molecular flexibility index (Phi) is 7.42. The van der Waals surface area contributed by atoms with Crippen molar-refractivity contribution in [2.45, 2.75) is 22.9 Å². The first kappa shape index (κ1) is 21.8. The summed E-state index contributed by atoms with van der Waals surface area (Å²) in [5.41, 5.74) is 4.93. The molecule has 30 heavy (non-hydrogen) atoms. The number of pyridine rings is 1. The lowest BCUT2D eigenvalue weighted by atomic mass is 10.3. The van der Waals surface area contributed by atoms with Gasteiger partial charge in [-0.25, -0.2) is 9.37 Å². The summed E-state index contributed by atoms with van der Waals surface area (Å²) >= 11 is 4.70. The molecule has 1 atom stereocenters. The number of ether oxygens (including phenoxy) is 1. The third-order valence-electron chi connectivity index (χ3n) is 3.85. The predicted molar refractivity (Wildman–Crippen MR) is 115 cm³/mol. The van der Waals surface area contributed by atoms with Crippen LogP contribution in [0.2, 0.25) is 0 Å². The number of nitrogens with one attached hydrogen (secondary N) is 2. The van der Waals surface area contributed by atoms with Crippen LogP contribution in [0, 0.1) is 5.82 Å². The molecule has 0 aliphatic carbocycles. The summed E-state index contributed by atoms with van der Waals surface area (Å²) in [5, 5.41) is 0.488. The van der Waals surface area contributed by atoms with Crippen molar-refractivity contribution in [3.8, 4) is 5.75 Å². The monoisotopic (exact) mass is 489 g/mol. The van der Waals surface area contributed by atoms with E-state index < -0.39 is 23.7 Å². The molecule has 9 heteroatoms. The average Bonchev–Trinajstić information content (AvgIpc) is 2.75. The quantitative estimate of drug-likeness (QED) is 0.502. The summed E-state index contributed by atoms with van der Waals surface area (Å²) in [5.74, 6) is -1.79. The van der Waals surface area contributed by atoms with E-state index in [4.69, 9.17) is 4.74 Å². The highest BCUT2D eigenvalue weighted by molar-refractivity contribution is 9.10. The molecule has 0 fully saturated rings. The fourth-order valence-corrected chi connectivity index (χ4v) is 3.47. The fourth-order valence-electron chi connectivity index (χ4n) is 2.33. The van der Waals surface area contributed by atoms with E-state index in [1.165, 1.54) is 36.9 Å². The highest BCUT2D eigenvalue weighted by Gasteiger charge is 2.19. The number of aromatic nitrogens is 1. The van der Waals surface area contributed by atoms with Gasteiger partial charge >= 0.3 is 0 Å². The van der Waals surface area contributed by atoms with Crippen LogP contribution in [0.5, 0.6) is 5.75 Å². The second-order valence-corrected chi connectivity index (χ2v) is 8.02. The average molecular weight is 490 g/mol. The molecule has 0 saturated heterocycles. The van der Waals surface area contributed by atoms with Crippen LogP contribution >= 0.6 is 27.7 Å². The summed E-state index contributed by atoms with van der Waals surface area (Å²) in [6.07, 6.45) is 0.564. The van der Waals surface area contributed by atoms with Crippen molar-refractivity contribution < 1.29 is 18.7 Å². The first-order valence-electron chi connectivity index (χ1n) is 8.84. The molecule has 1 aromatic heterocycles. The molecule has 0 radical (unpaired) electrons. The fraction of sp³-hybridized carbons (Fsp3) is 0.0952. The Bertz CT molecular complexity index is 1050. The number of benzene rings is 2. The number of carbonyl (C=O) groups excluding carboxylic acids is 2. The summed E-state index contributed by atoms with van der Waals surface area (Å²) in [7, 11) is 0. The molecule has 0 aliphatic rings. The maximum atomic E-state index is 13.7. The highest BCUT2D eigenvalue weighted by atomic mass is 79.9. The molecule has 1 heterocycles. The van der Waals surface area contributed by atoms with E-state index in [-0.39, 0.29) is 5.75 Å². The van der Waals surface area contributed by atoms with Gasteiger partial charge in [0, 0.05) is 15.6 Å². The lowest BCUT2D eigenvalue weighted by Crippen LogP contribution is -2.47. The Hall–Kier alpha value is -2.91. The highest BCUT2D eigenvalue weighted by Crippen LogP contribution is 2.29. The van der Waals surface area contributed by atoms with Crippen molar-refractivity contribution in [3.63, 3.8) is 0 Å². The largest absolute Gasteiger partial charge is 0.478 e. The van der Waals surface area contributed by atoms with Crippen LogP contribution in [-0.4, -0.2) is 22.9 Å². The van der Waals surface area contributed by atoms with Crippen LogP contribution in [0.4, 0.5) is 4.39 Å². The Balaban J connectivity index is 1.61. The van der Waals surface area contributed by atoms with Crippen LogP contribution in [0.3, 0.4) is 0 Å². The standard InChI is InChI=1S/C21H17BrFN3O3S/c1-13(29-18-7-3-2-6-17(18)23)19(27)25-26-20(28)16-5-4-12-24-21(16)30-15-10-8-14(22)9-11-15/h2-13H,1H3,(H,25,27)(H,26,28). The van der Waals surface area contributed by atoms with Crippen molar-refractivity contribution in [1.29, 1.82) is 0 Å². The topological polar surface area (TPSA) is 80.3 Å². The van der Waals surface area contributed by atoms with Gasteiger partial charge in [0.05, 0.1) is 5.56 Å². The Morgan fingerprint density at radius 1 is 1.07 bits per heavy atom. The zero-order chi connectivity index (χ0) is 21.5. The van der Waals surface area contributed by atoms with E-state index in [0.29, 0.717) is 10.6 Å². The van der Waals surface area contributed by atoms with Crippen LogP contribution in [0.1, 0.15) is 17.3 Å². The van der Waals surface area contributed by atoms with E-state index in [1.807, 2.05) is 24.3 Å². The van der Waals surface area contributed by atoms with E-state index in [0.717, 1.165) is 9.37 Å². The van der Waals surface area contributed by atoms with Gasteiger partial charge in [-0.15, -0.1) is 0 Å². The minimum atomic E-state index is -1.02. The first-order valence-corrected chi connectivity index (χ1v) is 10.4. The molecular formula is C21H17BrFN3O3S. The number of halogens is 2. The van der Waals surface area contributed by atoms with Crippen LogP contribution in [0.25, 0.3) is 0 Å². The van der Waals surface area contributed by atoms with Gasteiger partial charge in [0.15, 0.2) is 17.7 Å². The minimum Gasteiger partial charge on any atom is -0.478 e. The van der Waals surface area contributed by atoms with Crippen LogP contribution in [-0.2, 0) is 4.79 Å². The molecule has 0 bridgehead atoms. The molecule has 1 unspecified atom stereocenters. The van der Waals surface area contributed by atoms with Crippen molar-refractivity contribution in [3.05, 3.63) is 82.7 Å². The smallest absolute Gasteiger partial charge is 0.279 e. The van der Waals surface area contributed by atoms with Crippen molar-refractivity contribution in [2.75, 3.05) is 0 Å². The molecule has 0 saturated carbocycles. The number of para-hydroxylation sites is 1. The Morgan fingerprint density at radius 3 is 2.53 bits per heavy atom. The second-order valence-electron chi connectivity index (χ2n) is 6.05. The van der Waals surface area contributed by atoms with Gasteiger partial charge < -0.3 is 4.74 Å². The molecule has 2 amide bonds. The van der Waals surface area contributed by atoms with Gasteiger partial charge in [-0.1, -0.05) is 39.8 Å². The second kappa shape index (κ2) is 10.2. The molecule has 6 nitrogen and oxygen atoms in total. The number of amides is 2. The third kappa shape index (κ3) is 5.80. The first-order chi connectivity index (χ1) is 14.4. The SMILES string of the molecule is CC(Oc1ccccc1F)C(=O)NNC(=O)c1cccnc1Sc1ccc(Br)cc1. The number of hydrogen-bond acceptors (Lipinski definition) is 5. The van der Waals surface area contributed by atoms with E-state index in [1.54, 1.807) is 24.4 Å². The molecule has 154 valence electrons. The van der Waals surface area contributed by atoms with Gasteiger partial charge in [-0.05, 0) is 55.5 Å². The lowest BCUT2D eigenvalue weighted by Gasteiger charge is -2.16. The zero-order valence-electron chi connectivity index (χ0n) is 15.8. The summed E-state index contributed by atoms with van der Waals surface area (Å²) < 4.78 is 19.9. The summed E-state index contributed by atoms with van der Waals surface area (Å²) in [6.45, 7) is 1.45. The normalized spacial score (nSPS) is 11.4. The zero-order valence-corrected chi connectivity index (χ0v) is 18.2. The maximum Gasteiger partial charge on any atom is 0.279 e. The van der Waals surface area contributed by atoms with E-state index in [9.17, 15) is 14.0 Å². The number of hydrazine groups is 1. The molecule has 0 aliphatic heterocycles. The van der Waals surface area contributed by atoms with Gasteiger partial charge in [-0.2, -0.15) is 0 Å². The van der Waals surface area contributed by atoms with Gasteiger partial charge in [0.1, 0.15) is 5.03 Å². The van der Waals surface area contributed by atoms with Crippen molar-refractivity contribution in [1.82, 2.24) is 15.8 Å². The minimum absolute atomic E-state index is 0.0491. The lowest BCUT2D eigenvalue weighted by molar-refractivity contribution is -0.128. The van der Waals surface area contributed by atoms with Crippen molar-refractivity contribution >= 4 is 39.5 Å². The summed E-state index contributed by atoms with van der Waals surface area (Å²) in [6, 6.07) is 16.6. The van der Waals surface area contributed by atoms with E-state index in [2.05, 4.69) is 31.8 Å². The maximum absolute atomic E-state index is 13.7. The molecule has 0 spiro atoms. The molecule has 3 rings (SSSR count). The molecule has 2 aromatic carbocycles. The molecule has 3 aromatic rings. The van der Waals surface area contributed by atoms with Crippen molar-refractivity contribution in [2.24, 2.45) is 0 Å². The van der Waals surface area contributed by atoms with Gasteiger partial charge in [0.25, 0.3) is 11.8 Å². The predicted octanol–water partition coefficient (Wildman–Crippen LogP) is 4.36. The molecular weight excluding hydrogens is 473 g/mol. The van der Waals surface area contributed by atoms with Crippen LogP contribution in [0.15, 0.2) is 81.3 Å². The van der Waals surface area contributed by atoms with Gasteiger partial charge in [0.2, 0.25) is 0 Å². The summed E-state index contributed by atoms with van der Waals surface area (Å²) in [4.78, 5) is 29.9. The number of hydrogen-bond donors (Lipinski definition) is 2. The molecule has 2 N–H and O–H groups in total. The van der Waals surface area contributed by atoms with E-state index >= 15 is 0 Å². The third-order valence-corrected chi connectivity index (χ3v) is 5.41. The number of nitrogens with zero attached hydrogens (tertiary/aromatic N) is 1. The number of rotatable bonds is 6. The Labute approximate surface area is 185 Å². The number of carbonyl (C=O) groups is 2. The van der Waals surface area contributed by atoms with Crippen LogP contribution < -0.4 is 15.6 Å². The Morgan fingerprint density at radius 2 is 1.80 bits per heavy atom. The van der Waals surface area contributed by atoms with Gasteiger partial charge in [-0.3, -0.25) is 20.4 Å².